The zero-order valence-electron chi connectivity index (χ0n) is 16.1. The van der Waals surface area contributed by atoms with Gasteiger partial charge in [0.1, 0.15) is 11.6 Å². The number of benzene rings is 2. The number of piperazine rings is 1. The summed E-state index contributed by atoms with van der Waals surface area (Å²) in [5.41, 5.74) is 1.63. The Hall–Kier alpha value is -2.45. The van der Waals surface area contributed by atoms with Gasteiger partial charge in [0.25, 0.3) is 0 Å². The summed E-state index contributed by atoms with van der Waals surface area (Å²) in [6.07, 6.45) is 0.624. The van der Waals surface area contributed by atoms with E-state index < -0.39 is 15.9 Å². The number of amides is 1. The molecule has 2 aliphatic rings. The van der Waals surface area contributed by atoms with Crippen LogP contribution in [0.3, 0.4) is 0 Å². The zero-order chi connectivity index (χ0) is 20.6. The standard InChI is InChI=1S/C21H23FN2O4S/c1-28-18-8-6-17(7-9-18)24-20-14-29(26,27)13-19(20)23(12-21(24)25)11-10-15-2-4-16(22)5-3-15/h2-9,19-20H,10-14H2,1H3/t19-,20-/m1/s1. The lowest BCUT2D eigenvalue weighted by molar-refractivity contribution is -0.123. The van der Waals surface area contributed by atoms with Crippen LogP contribution in [0.2, 0.25) is 0 Å². The number of methoxy groups -OCH3 is 1. The van der Waals surface area contributed by atoms with Gasteiger partial charge in [0.05, 0.1) is 31.2 Å². The summed E-state index contributed by atoms with van der Waals surface area (Å²) in [7, 11) is -1.67. The molecule has 0 unspecified atom stereocenters. The number of anilines is 1. The molecule has 29 heavy (non-hydrogen) atoms. The molecule has 0 aromatic heterocycles. The van der Waals surface area contributed by atoms with Gasteiger partial charge in [-0.3, -0.25) is 9.69 Å². The van der Waals surface area contributed by atoms with Crippen molar-refractivity contribution >= 4 is 21.4 Å². The van der Waals surface area contributed by atoms with E-state index in [4.69, 9.17) is 4.74 Å². The zero-order valence-corrected chi connectivity index (χ0v) is 16.9. The molecular formula is C21H23FN2O4S. The van der Waals surface area contributed by atoms with Gasteiger partial charge in [0.15, 0.2) is 9.84 Å². The van der Waals surface area contributed by atoms with Crippen LogP contribution in [-0.2, 0) is 21.1 Å². The minimum Gasteiger partial charge on any atom is -0.497 e. The van der Waals surface area contributed by atoms with Crippen molar-refractivity contribution in [2.45, 2.75) is 18.5 Å². The Labute approximate surface area is 169 Å². The van der Waals surface area contributed by atoms with E-state index in [1.807, 2.05) is 4.90 Å². The molecule has 2 aromatic carbocycles. The molecule has 1 amide bonds. The largest absolute Gasteiger partial charge is 0.497 e. The van der Waals surface area contributed by atoms with E-state index in [1.54, 1.807) is 48.4 Å². The van der Waals surface area contributed by atoms with Crippen LogP contribution in [0.25, 0.3) is 0 Å². The predicted octanol–water partition coefficient (Wildman–Crippen LogP) is 1.89. The van der Waals surface area contributed by atoms with Gasteiger partial charge in [-0.05, 0) is 48.4 Å². The lowest BCUT2D eigenvalue weighted by Gasteiger charge is -2.43. The average molecular weight is 418 g/mol. The molecule has 0 saturated carbocycles. The van der Waals surface area contributed by atoms with Crippen LogP contribution in [0.15, 0.2) is 48.5 Å². The number of fused-ring (bicyclic) bond motifs is 1. The van der Waals surface area contributed by atoms with E-state index >= 15 is 0 Å². The smallest absolute Gasteiger partial charge is 0.241 e. The highest BCUT2D eigenvalue weighted by molar-refractivity contribution is 7.91. The van der Waals surface area contributed by atoms with E-state index in [0.29, 0.717) is 24.4 Å². The highest BCUT2D eigenvalue weighted by Gasteiger charge is 2.49. The molecule has 2 aromatic rings. The van der Waals surface area contributed by atoms with Crippen molar-refractivity contribution in [3.63, 3.8) is 0 Å². The van der Waals surface area contributed by atoms with E-state index in [9.17, 15) is 17.6 Å². The number of halogens is 1. The molecule has 2 saturated heterocycles. The van der Waals surface area contributed by atoms with Crippen LogP contribution in [0.4, 0.5) is 10.1 Å². The average Bonchev–Trinajstić information content (AvgIpc) is 3.02. The SMILES string of the molecule is COc1ccc(N2C(=O)CN(CCc3ccc(F)cc3)[C@@H]3CS(=O)(=O)C[C@H]32)cc1. The fourth-order valence-electron chi connectivity index (χ4n) is 4.20. The highest BCUT2D eigenvalue weighted by Crippen LogP contribution is 2.32. The van der Waals surface area contributed by atoms with Gasteiger partial charge in [0, 0.05) is 18.3 Å². The lowest BCUT2D eigenvalue weighted by atomic mass is 10.0. The Kier molecular flexibility index (Phi) is 5.31. The lowest BCUT2D eigenvalue weighted by Crippen LogP contribution is -2.62. The number of ether oxygens (including phenoxy) is 1. The molecule has 6 nitrogen and oxygen atoms in total. The van der Waals surface area contributed by atoms with Crippen molar-refractivity contribution < 1.29 is 22.3 Å². The molecular weight excluding hydrogens is 395 g/mol. The minimum atomic E-state index is -3.24. The van der Waals surface area contributed by atoms with Crippen LogP contribution < -0.4 is 9.64 Å². The molecule has 2 aliphatic heterocycles. The molecule has 0 N–H and O–H groups in total. The topological polar surface area (TPSA) is 66.9 Å². The van der Waals surface area contributed by atoms with E-state index in [-0.39, 0.29) is 35.8 Å². The first-order chi connectivity index (χ1) is 13.9. The number of sulfone groups is 1. The Bertz CT molecular complexity index is 992. The fraction of sp³-hybridized carbons (Fsp3) is 0.381. The Morgan fingerprint density at radius 1 is 1.03 bits per heavy atom. The summed E-state index contributed by atoms with van der Waals surface area (Å²) < 4.78 is 43.1. The number of nitrogens with zero attached hydrogens (tertiary/aromatic N) is 2. The molecule has 2 atom stereocenters. The second-order valence-electron chi connectivity index (χ2n) is 7.52. The van der Waals surface area contributed by atoms with Crippen LogP contribution in [0.1, 0.15) is 5.56 Å². The van der Waals surface area contributed by atoms with E-state index in [0.717, 1.165) is 5.56 Å². The monoisotopic (exact) mass is 418 g/mol. The molecule has 154 valence electrons. The molecule has 0 spiro atoms. The number of hydrogen-bond acceptors (Lipinski definition) is 5. The maximum absolute atomic E-state index is 13.1. The third-order valence-electron chi connectivity index (χ3n) is 5.65. The Morgan fingerprint density at radius 2 is 1.69 bits per heavy atom. The summed E-state index contributed by atoms with van der Waals surface area (Å²) in [5, 5.41) is 0. The first-order valence-electron chi connectivity index (χ1n) is 9.51. The second-order valence-corrected chi connectivity index (χ2v) is 9.67. The van der Waals surface area contributed by atoms with Gasteiger partial charge in [-0.15, -0.1) is 0 Å². The number of hydrogen-bond donors (Lipinski definition) is 0. The third kappa shape index (κ3) is 4.13. The van der Waals surface area contributed by atoms with Gasteiger partial charge >= 0.3 is 0 Å². The molecule has 0 aliphatic carbocycles. The van der Waals surface area contributed by atoms with Gasteiger partial charge < -0.3 is 9.64 Å². The summed E-state index contributed by atoms with van der Waals surface area (Å²) in [6.45, 7) is 0.703. The van der Waals surface area contributed by atoms with Crippen LogP contribution >= 0.6 is 0 Å². The van der Waals surface area contributed by atoms with Crippen LogP contribution in [0, 0.1) is 5.82 Å². The maximum Gasteiger partial charge on any atom is 0.241 e. The van der Waals surface area contributed by atoms with Crippen LogP contribution in [-0.4, -0.2) is 63.0 Å². The van der Waals surface area contributed by atoms with Crippen molar-refractivity contribution in [2.24, 2.45) is 0 Å². The molecule has 2 fully saturated rings. The predicted molar refractivity (Wildman–Crippen MR) is 108 cm³/mol. The normalized spacial score (nSPS) is 23.8. The van der Waals surface area contributed by atoms with Crippen molar-refractivity contribution in [1.82, 2.24) is 4.90 Å². The maximum atomic E-state index is 13.1. The fourth-order valence-corrected chi connectivity index (χ4v) is 6.19. The highest BCUT2D eigenvalue weighted by atomic mass is 32.2. The number of carbonyl (C=O) groups excluding carboxylic acids is 1. The molecule has 0 bridgehead atoms. The molecule has 8 heteroatoms. The van der Waals surface area contributed by atoms with Gasteiger partial charge in [-0.2, -0.15) is 0 Å². The summed E-state index contributed by atoms with van der Waals surface area (Å²) >= 11 is 0. The quantitative estimate of drug-likeness (QED) is 0.742. The molecule has 2 heterocycles. The summed E-state index contributed by atoms with van der Waals surface area (Å²) in [4.78, 5) is 16.6. The first-order valence-corrected chi connectivity index (χ1v) is 11.3. The van der Waals surface area contributed by atoms with E-state index in [2.05, 4.69) is 0 Å². The number of carbonyl (C=O) groups is 1. The van der Waals surface area contributed by atoms with Gasteiger partial charge in [-0.25, -0.2) is 12.8 Å². The summed E-state index contributed by atoms with van der Waals surface area (Å²) in [5.74, 6) is 0.269. The van der Waals surface area contributed by atoms with Gasteiger partial charge in [-0.1, -0.05) is 12.1 Å². The number of rotatable bonds is 5. The Morgan fingerprint density at radius 3 is 2.34 bits per heavy atom. The van der Waals surface area contributed by atoms with Crippen LogP contribution in [0.5, 0.6) is 5.75 Å². The second kappa shape index (κ2) is 7.76. The van der Waals surface area contributed by atoms with Crippen molar-refractivity contribution in [3.05, 3.63) is 59.9 Å². The first kappa shape index (κ1) is 19.8. The van der Waals surface area contributed by atoms with Crippen molar-refractivity contribution in [2.75, 3.05) is 36.6 Å². The third-order valence-corrected chi connectivity index (χ3v) is 7.35. The Balaban J connectivity index is 1.56. The van der Waals surface area contributed by atoms with Gasteiger partial charge in [0.2, 0.25) is 5.91 Å². The molecule has 4 rings (SSSR count). The summed E-state index contributed by atoms with van der Waals surface area (Å²) in [6, 6.07) is 12.7. The van der Waals surface area contributed by atoms with E-state index in [1.165, 1.54) is 12.1 Å². The molecule has 0 radical (unpaired) electrons. The van der Waals surface area contributed by atoms with Crippen molar-refractivity contribution in [3.8, 4) is 5.75 Å². The minimum absolute atomic E-state index is 0.0392. The van der Waals surface area contributed by atoms with Crippen molar-refractivity contribution in [1.29, 1.82) is 0 Å².